The van der Waals surface area contributed by atoms with Crippen molar-refractivity contribution in [3.8, 4) is 0 Å². The number of rotatable bonds is 4. The lowest BCUT2D eigenvalue weighted by atomic mass is 10.1. The summed E-state index contributed by atoms with van der Waals surface area (Å²) in [6.07, 6.45) is 0. The molecule has 2 aromatic carbocycles. The molecule has 0 aliphatic heterocycles. The van der Waals surface area contributed by atoms with Crippen LogP contribution in [-0.4, -0.2) is 18.4 Å². The van der Waals surface area contributed by atoms with E-state index >= 15 is 0 Å². The van der Waals surface area contributed by atoms with Gasteiger partial charge in [-0.1, -0.05) is 23.8 Å². The minimum atomic E-state index is -0.309. The molecule has 0 atom stereocenters. The molecule has 114 valence electrons. The Morgan fingerprint density at radius 2 is 1.68 bits per heavy atom. The van der Waals surface area contributed by atoms with Crippen molar-refractivity contribution >= 4 is 23.2 Å². The van der Waals surface area contributed by atoms with Gasteiger partial charge in [0.15, 0.2) is 0 Å². The fraction of sp³-hybridized carbons (Fsp3) is 0.176. The highest BCUT2D eigenvalue weighted by molar-refractivity contribution is 6.07. The van der Waals surface area contributed by atoms with Crippen molar-refractivity contribution in [3.05, 3.63) is 59.2 Å². The minimum Gasteiger partial charge on any atom is -0.323 e. The second-order valence-electron chi connectivity index (χ2n) is 5.12. The molecule has 0 bridgehead atoms. The molecular weight excluding hydrogens is 278 g/mol. The second-order valence-corrected chi connectivity index (χ2v) is 5.12. The van der Waals surface area contributed by atoms with Gasteiger partial charge in [-0.2, -0.15) is 0 Å². The van der Waals surface area contributed by atoms with E-state index in [0.29, 0.717) is 16.9 Å². The van der Waals surface area contributed by atoms with Gasteiger partial charge >= 0.3 is 0 Å². The van der Waals surface area contributed by atoms with E-state index in [1.165, 1.54) is 0 Å². The average molecular weight is 297 g/mol. The van der Waals surface area contributed by atoms with Crippen LogP contribution in [0, 0.1) is 13.8 Å². The molecule has 2 aromatic rings. The summed E-state index contributed by atoms with van der Waals surface area (Å²) in [7, 11) is 0. The summed E-state index contributed by atoms with van der Waals surface area (Å²) in [5, 5.41) is 5.51. The smallest absolute Gasteiger partial charge is 0.255 e. The number of benzene rings is 2. The SMILES string of the molecule is Cc1cccc(C(=O)Nc2ccc(C)cc2NC(=O)CN)c1. The highest BCUT2D eigenvalue weighted by Gasteiger charge is 2.11. The first-order valence-corrected chi connectivity index (χ1v) is 6.98. The number of carbonyl (C=O) groups excluding carboxylic acids is 2. The number of hydrogen-bond acceptors (Lipinski definition) is 3. The zero-order chi connectivity index (χ0) is 16.1. The lowest BCUT2D eigenvalue weighted by molar-refractivity contribution is -0.114. The third kappa shape index (κ3) is 3.93. The van der Waals surface area contributed by atoms with Crippen LogP contribution in [0.1, 0.15) is 21.5 Å². The van der Waals surface area contributed by atoms with Crippen molar-refractivity contribution in [3.63, 3.8) is 0 Å². The zero-order valence-electron chi connectivity index (χ0n) is 12.6. The van der Waals surface area contributed by atoms with Crippen LogP contribution < -0.4 is 16.4 Å². The zero-order valence-corrected chi connectivity index (χ0v) is 12.6. The molecule has 5 heteroatoms. The predicted molar refractivity (Wildman–Crippen MR) is 88.0 cm³/mol. The molecule has 2 rings (SSSR count). The summed E-state index contributed by atoms with van der Waals surface area (Å²) in [5.74, 6) is -0.535. The largest absolute Gasteiger partial charge is 0.323 e. The van der Waals surface area contributed by atoms with E-state index < -0.39 is 0 Å². The molecule has 5 nitrogen and oxygen atoms in total. The number of amides is 2. The molecule has 22 heavy (non-hydrogen) atoms. The molecule has 0 unspecified atom stereocenters. The quantitative estimate of drug-likeness (QED) is 0.810. The van der Waals surface area contributed by atoms with Crippen LogP contribution in [0.4, 0.5) is 11.4 Å². The molecule has 0 saturated carbocycles. The van der Waals surface area contributed by atoms with Gasteiger partial charge < -0.3 is 16.4 Å². The Kier molecular flexibility index (Phi) is 4.91. The lowest BCUT2D eigenvalue weighted by Gasteiger charge is -2.13. The molecule has 0 saturated heterocycles. The highest BCUT2D eigenvalue weighted by Crippen LogP contribution is 2.23. The molecule has 0 aromatic heterocycles. The Hall–Kier alpha value is -2.66. The number of hydrogen-bond donors (Lipinski definition) is 3. The Bertz CT molecular complexity index is 711. The Morgan fingerprint density at radius 3 is 2.36 bits per heavy atom. The molecule has 4 N–H and O–H groups in total. The Morgan fingerprint density at radius 1 is 0.955 bits per heavy atom. The normalized spacial score (nSPS) is 10.1. The number of nitrogens with one attached hydrogen (secondary N) is 2. The van der Waals surface area contributed by atoms with Gasteiger partial charge in [0.1, 0.15) is 0 Å². The minimum absolute atomic E-state index is 0.112. The monoisotopic (exact) mass is 297 g/mol. The molecule has 2 amide bonds. The van der Waals surface area contributed by atoms with Crippen LogP contribution in [0.5, 0.6) is 0 Å². The summed E-state index contributed by atoms with van der Waals surface area (Å²) in [6, 6.07) is 12.7. The molecular formula is C17H19N3O2. The van der Waals surface area contributed by atoms with E-state index in [2.05, 4.69) is 10.6 Å². The molecule has 0 radical (unpaired) electrons. The van der Waals surface area contributed by atoms with Crippen molar-refractivity contribution in [2.24, 2.45) is 5.73 Å². The van der Waals surface area contributed by atoms with Crippen LogP contribution in [0.15, 0.2) is 42.5 Å². The van der Waals surface area contributed by atoms with Crippen LogP contribution in [-0.2, 0) is 4.79 Å². The van der Waals surface area contributed by atoms with E-state index in [-0.39, 0.29) is 18.4 Å². The summed E-state index contributed by atoms with van der Waals surface area (Å²) in [5.41, 5.74) is 8.94. The lowest BCUT2D eigenvalue weighted by Crippen LogP contribution is -2.23. The van der Waals surface area contributed by atoms with Crippen molar-refractivity contribution in [1.29, 1.82) is 0 Å². The summed E-state index contributed by atoms with van der Waals surface area (Å²) in [6.45, 7) is 3.72. The first kappa shape index (κ1) is 15.7. The van der Waals surface area contributed by atoms with E-state index in [4.69, 9.17) is 5.73 Å². The number of aryl methyl sites for hydroxylation is 2. The standard InChI is InChI=1S/C17H19N3O2/c1-11-4-3-5-13(8-11)17(22)20-14-7-6-12(2)9-15(14)19-16(21)10-18/h3-9H,10,18H2,1-2H3,(H,19,21)(H,20,22). The van der Waals surface area contributed by atoms with Crippen molar-refractivity contribution in [2.45, 2.75) is 13.8 Å². The first-order chi connectivity index (χ1) is 10.5. The van der Waals surface area contributed by atoms with Crippen LogP contribution in [0.25, 0.3) is 0 Å². The van der Waals surface area contributed by atoms with Gasteiger partial charge in [-0.25, -0.2) is 0 Å². The number of anilines is 2. The second kappa shape index (κ2) is 6.87. The Balaban J connectivity index is 2.25. The molecule has 0 spiro atoms. The maximum atomic E-state index is 12.3. The van der Waals surface area contributed by atoms with Crippen molar-refractivity contribution in [2.75, 3.05) is 17.2 Å². The summed E-state index contributed by atoms with van der Waals surface area (Å²) < 4.78 is 0. The van der Waals surface area contributed by atoms with Gasteiger partial charge in [0.2, 0.25) is 5.91 Å². The van der Waals surface area contributed by atoms with E-state index in [9.17, 15) is 9.59 Å². The van der Waals surface area contributed by atoms with Gasteiger partial charge in [-0.3, -0.25) is 9.59 Å². The maximum absolute atomic E-state index is 12.3. The number of nitrogens with two attached hydrogens (primary N) is 1. The summed E-state index contributed by atoms with van der Waals surface area (Å²) >= 11 is 0. The first-order valence-electron chi connectivity index (χ1n) is 6.98. The highest BCUT2D eigenvalue weighted by atomic mass is 16.2. The van der Waals surface area contributed by atoms with Crippen LogP contribution >= 0.6 is 0 Å². The molecule has 0 aliphatic rings. The van der Waals surface area contributed by atoms with Gasteiger partial charge in [-0.05, 0) is 43.7 Å². The van der Waals surface area contributed by atoms with Crippen LogP contribution in [0.3, 0.4) is 0 Å². The van der Waals surface area contributed by atoms with Gasteiger partial charge in [-0.15, -0.1) is 0 Å². The van der Waals surface area contributed by atoms with E-state index in [0.717, 1.165) is 11.1 Å². The fourth-order valence-electron chi connectivity index (χ4n) is 2.05. The topological polar surface area (TPSA) is 84.2 Å². The Labute approximate surface area is 129 Å². The summed E-state index contributed by atoms with van der Waals surface area (Å²) in [4.78, 5) is 23.8. The van der Waals surface area contributed by atoms with Crippen molar-refractivity contribution in [1.82, 2.24) is 0 Å². The fourth-order valence-corrected chi connectivity index (χ4v) is 2.05. The maximum Gasteiger partial charge on any atom is 0.255 e. The molecule has 0 aliphatic carbocycles. The third-order valence-electron chi connectivity index (χ3n) is 3.16. The predicted octanol–water partition coefficient (Wildman–Crippen LogP) is 2.45. The average Bonchev–Trinajstić information content (AvgIpc) is 2.49. The van der Waals surface area contributed by atoms with Gasteiger partial charge in [0, 0.05) is 5.56 Å². The van der Waals surface area contributed by atoms with E-state index in [1.807, 2.05) is 38.1 Å². The van der Waals surface area contributed by atoms with Gasteiger partial charge in [0.25, 0.3) is 5.91 Å². The van der Waals surface area contributed by atoms with Crippen molar-refractivity contribution < 1.29 is 9.59 Å². The van der Waals surface area contributed by atoms with Gasteiger partial charge in [0.05, 0.1) is 17.9 Å². The number of carbonyl (C=O) groups is 2. The van der Waals surface area contributed by atoms with E-state index in [1.54, 1.807) is 18.2 Å². The molecule has 0 heterocycles. The van der Waals surface area contributed by atoms with Crippen LogP contribution in [0.2, 0.25) is 0 Å². The molecule has 0 fully saturated rings. The third-order valence-corrected chi connectivity index (χ3v) is 3.16.